The molecule has 170 valence electrons. The second-order valence-electron chi connectivity index (χ2n) is 8.17. The third-order valence-electron chi connectivity index (χ3n) is 5.02. The normalized spacial score (nSPS) is 23.1. The minimum Gasteiger partial charge on any atom is -0.480 e. The van der Waals surface area contributed by atoms with E-state index in [0.29, 0.717) is 0 Å². The molecule has 2 rings (SSSR count). The summed E-state index contributed by atoms with van der Waals surface area (Å²) in [6, 6.07) is 7.31. The Bertz CT molecular complexity index is 916. The van der Waals surface area contributed by atoms with E-state index < -0.39 is 64.7 Å². The second-order valence-corrected chi connectivity index (χ2v) is 8.17. The Morgan fingerprint density at radius 3 is 2.19 bits per heavy atom. The molecule has 0 aromatic heterocycles. The third kappa shape index (κ3) is 5.19. The predicted octanol–water partition coefficient (Wildman–Crippen LogP) is 3.73. The van der Waals surface area contributed by atoms with Crippen molar-refractivity contribution < 1.29 is 41.8 Å². The first-order valence-corrected chi connectivity index (χ1v) is 9.18. The summed E-state index contributed by atoms with van der Waals surface area (Å²) >= 11 is 0. The molecule has 0 fully saturated rings. The minimum absolute atomic E-state index is 0.00485. The van der Waals surface area contributed by atoms with Crippen molar-refractivity contribution in [3.63, 3.8) is 0 Å². The maximum atomic E-state index is 15.2. The predicted molar refractivity (Wildman–Crippen MR) is 102 cm³/mol. The van der Waals surface area contributed by atoms with Crippen LogP contribution in [0, 0.1) is 5.92 Å². The first-order valence-electron chi connectivity index (χ1n) is 9.18. The SMILES string of the molecule is CC(C)(F)CC(N)(C(=O)O)C(C1=C(C=O)C=C(c2ccccc2)C(O)(F)C1)C(F)(F)F. The summed E-state index contributed by atoms with van der Waals surface area (Å²) in [5, 5.41) is 19.8. The lowest BCUT2D eigenvalue weighted by Crippen LogP contribution is -2.62. The molecule has 4 N–H and O–H groups in total. The number of benzene rings is 1. The molecule has 0 amide bonds. The Balaban J connectivity index is 2.79. The van der Waals surface area contributed by atoms with Gasteiger partial charge in [0.25, 0.3) is 0 Å². The lowest BCUT2D eigenvalue weighted by molar-refractivity contribution is -0.196. The van der Waals surface area contributed by atoms with Crippen LogP contribution in [0.2, 0.25) is 0 Å². The van der Waals surface area contributed by atoms with Crippen LogP contribution in [0.1, 0.15) is 32.3 Å². The van der Waals surface area contributed by atoms with Crippen molar-refractivity contribution in [3.8, 4) is 0 Å². The number of carbonyl (C=O) groups excluding carboxylic acids is 1. The zero-order valence-electron chi connectivity index (χ0n) is 16.7. The molecule has 0 radical (unpaired) electrons. The lowest BCUT2D eigenvalue weighted by atomic mass is 9.69. The fourth-order valence-corrected chi connectivity index (χ4v) is 3.91. The summed E-state index contributed by atoms with van der Waals surface area (Å²) in [5.74, 6) is -8.68. The summed E-state index contributed by atoms with van der Waals surface area (Å²) in [4.78, 5) is 23.4. The highest BCUT2D eigenvalue weighted by atomic mass is 19.4. The first kappa shape index (κ1) is 24.7. The molecule has 1 aromatic rings. The van der Waals surface area contributed by atoms with E-state index >= 15 is 4.39 Å². The summed E-state index contributed by atoms with van der Waals surface area (Å²) in [6.07, 6.45) is -7.33. The van der Waals surface area contributed by atoms with Gasteiger partial charge in [-0.2, -0.15) is 13.2 Å². The Morgan fingerprint density at radius 1 is 1.23 bits per heavy atom. The van der Waals surface area contributed by atoms with Crippen molar-refractivity contribution in [2.75, 3.05) is 0 Å². The largest absolute Gasteiger partial charge is 0.480 e. The van der Waals surface area contributed by atoms with Crippen LogP contribution in [-0.4, -0.2) is 45.7 Å². The molecule has 3 unspecified atom stereocenters. The molecule has 1 aromatic carbocycles. The van der Waals surface area contributed by atoms with Gasteiger partial charge in [-0.1, -0.05) is 30.3 Å². The number of halogens is 5. The number of nitrogens with two attached hydrogens (primary N) is 1. The van der Waals surface area contributed by atoms with E-state index in [1.54, 1.807) is 6.07 Å². The van der Waals surface area contributed by atoms with Crippen LogP contribution in [0.15, 0.2) is 47.6 Å². The molecule has 0 saturated carbocycles. The fourth-order valence-electron chi connectivity index (χ4n) is 3.91. The molecule has 0 bridgehead atoms. The maximum absolute atomic E-state index is 15.2. The van der Waals surface area contributed by atoms with Crippen molar-refractivity contribution in [1.82, 2.24) is 0 Å². The van der Waals surface area contributed by atoms with Crippen molar-refractivity contribution in [2.45, 2.75) is 49.9 Å². The van der Waals surface area contributed by atoms with E-state index in [-0.39, 0.29) is 11.8 Å². The third-order valence-corrected chi connectivity index (χ3v) is 5.02. The first-order chi connectivity index (χ1) is 14.0. The van der Waals surface area contributed by atoms with Crippen molar-refractivity contribution in [1.29, 1.82) is 0 Å². The molecule has 1 aliphatic carbocycles. The average molecular weight is 447 g/mol. The lowest BCUT2D eigenvalue weighted by Gasteiger charge is -2.41. The van der Waals surface area contributed by atoms with Crippen molar-refractivity contribution >= 4 is 17.8 Å². The summed E-state index contributed by atoms with van der Waals surface area (Å²) < 4.78 is 71.6. The number of carboxylic acids is 1. The van der Waals surface area contributed by atoms with E-state index in [1.165, 1.54) is 24.3 Å². The molecule has 0 aliphatic heterocycles. The van der Waals surface area contributed by atoms with Gasteiger partial charge in [-0.25, -0.2) is 8.78 Å². The van der Waals surface area contributed by atoms with Crippen molar-refractivity contribution in [2.24, 2.45) is 11.7 Å². The van der Waals surface area contributed by atoms with Gasteiger partial charge < -0.3 is 15.9 Å². The van der Waals surface area contributed by atoms with Gasteiger partial charge in [0.15, 0.2) is 0 Å². The van der Waals surface area contributed by atoms with Gasteiger partial charge in [-0.3, -0.25) is 9.59 Å². The minimum atomic E-state index is -5.39. The van der Waals surface area contributed by atoms with Crippen molar-refractivity contribution in [3.05, 3.63) is 53.1 Å². The number of aldehydes is 1. The van der Waals surface area contributed by atoms with E-state index in [2.05, 4.69) is 0 Å². The number of aliphatic carboxylic acids is 1. The zero-order chi connectivity index (χ0) is 23.8. The van der Waals surface area contributed by atoms with Gasteiger partial charge in [0.2, 0.25) is 5.85 Å². The quantitative estimate of drug-likeness (QED) is 0.437. The number of hydrogen-bond donors (Lipinski definition) is 3. The smallest absolute Gasteiger partial charge is 0.397 e. The molecule has 0 spiro atoms. The molecule has 1 aliphatic rings. The van der Waals surface area contributed by atoms with E-state index in [0.717, 1.165) is 19.9 Å². The van der Waals surface area contributed by atoms with Gasteiger partial charge in [-0.15, -0.1) is 0 Å². The molecule has 3 atom stereocenters. The highest BCUT2D eigenvalue weighted by molar-refractivity contribution is 5.89. The Hall–Kier alpha value is -2.59. The van der Waals surface area contributed by atoms with Gasteiger partial charge in [0, 0.05) is 24.0 Å². The van der Waals surface area contributed by atoms with Gasteiger partial charge in [0.1, 0.15) is 23.4 Å². The summed E-state index contributed by atoms with van der Waals surface area (Å²) in [6.45, 7) is 1.69. The van der Waals surface area contributed by atoms with Gasteiger partial charge in [-0.05, 0) is 31.1 Å². The van der Waals surface area contributed by atoms with Crippen LogP contribution in [0.25, 0.3) is 5.57 Å². The zero-order valence-corrected chi connectivity index (χ0v) is 16.7. The Kier molecular flexibility index (Phi) is 6.49. The fraction of sp³-hybridized carbons (Fsp3) is 0.429. The molecule has 0 heterocycles. The molecule has 5 nitrogen and oxygen atoms in total. The van der Waals surface area contributed by atoms with Crippen LogP contribution in [0.3, 0.4) is 0 Å². The Labute approximate surface area is 175 Å². The van der Waals surface area contributed by atoms with Crippen LogP contribution >= 0.6 is 0 Å². The molecular formula is C21H22F5NO4. The number of hydrogen-bond acceptors (Lipinski definition) is 4. The number of carbonyl (C=O) groups is 2. The number of alkyl halides is 5. The second kappa shape index (κ2) is 8.16. The van der Waals surface area contributed by atoms with Crippen LogP contribution in [0.4, 0.5) is 22.0 Å². The van der Waals surface area contributed by atoms with E-state index in [1.807, 2.05) is 0 Å². The van der Waals surface area contributed by atoms with Crippen LogP contribution < -0.4 is 5.73 Å². The maximum Gasteiger partial charge on any atom is 0.397 e. The average Bonchev–Trinajstić information content (AvgIpc) is 2.59. The number of allylic oxidation sites excluding steroid dienone is 2. The molecule has 0 saturated heterocycles. The van der Waals surface area contributed by atoms with Crippen LogP contribution in [-0.2, 0) is 9.59 Å². The number of rotatable bonds is 7. The molecular weight excluding hydrogens is 425 g/mol. The highest BCUT2D eigenvalue weighted by Gasteiger charge is 2.61. The van der Waals surface area contributed by atoms with Crippen LogP contribution in [0.5, 0.6) is 0 Å². The molecule has 31 heavy (non-hydrogen) atoms. The topological polar surface area (TPSA) is 101 Å². The monoisotopic (exact) mass is 447 g/mol. The number of aliphatic hydroxyl groups is 1. The number of carboxylic acid groups (broad SMARTS) is 1. The standard InChI is InChI=1S/C21H22F5NO4/c1-18(2,22)11-19(27,17(29)30)16(21(24,25)26)14-9-20(23,31)15(8-13(14)10-28)12-6-4-3-5-7-12/h3-8,10,16,31H,9,11,27H2,1-2H3,(H,29,30). The molecule has 10 heteroatoms. The summed E-state index contributed by atoms with van der Waals surface area (Å²) in [7, 11) is 0. The van der Waals surface area contributed by atoms with Gasteiger partial charge >= 0.3 is 12.1 Å². The van der Waals surface area contributed by atoms with E-state index in [9.17, 15) is 37.4 Å². The highest BCUT2D eigenvalue weighted by Crippen LogP contribution is 2.50. The van der Waals surface area contributed by atoms with Gasteiger partial charge in [0.05, 0.1) is 0 Å². The van der Waals surface area contributed by atoms with E-state index in [4.69, 9.17) is 5.73 Å². The Morgan fingerprint density at radius 2 is 1.77 bits per heavy atom. The summed E-state index contributed by atoms with van der Waals surface area (Å²) in [5.41, 5.74) is -2.22.